The number of hydrogen-bond acceptors (Lipinski definition) is 6. The van der Waals surface area contributed by atoms with E-state index in [1.54, 1.807) is 53.8 Å². The number of methoxy groups -OCH3 is 1. The van der Waals surface area contributed by atoms with Crippen molar-refractivity contribution in [2.24, 2.45) is 0 Å². The number of fused-ring (bicyclic) bond motifs is 1. The van der Waals surface area contributed by atoms with Gasteiger partial charge in [0.15, 0.2) is 5.16 Å². The number of hydrogen-bond donors (Lipinski definition) is 1. The van der Waals surface area contributed by atoms with E-state index >= 15 is 0 Å². The second-order valence-corrected chi connectivity index (χ2v) is 8.21. The first-order valence-corrected chi connectivity index (χ1v) is 11.6. The fraction of sp³-hybridized carbons (Fsp3) is 0.286. The van der Waals surface area contributed by atoms with E-state index in [2.05, 4.69) is 10.3 Å². The van der Waals surface area contributed by atoms with Crippen molar-refractivity contribution < 1.29 is 9.53 Å². The summed E-state index contributed by atoms with van der Waals surface area (Å²) in [4.78, 5) is 29.9. The van der Waals surface area contributed by atoms with Gasteiger partial charge in [-0.3, -0.25) is 14.2 Å². The number of nitrogens with one attached hydrogen (secondary N) is 1. The smallest absolute Gasteiger partial charge is 0.262 e. The van der Waals surface area contributed by atoms with Gasteiger partial charge in [0, 0.05) is 12.2 Å². The average molecular weight is 430 g/mol. The van der Waals surface area contributed by atoms with Crippen molar-refractivity contribution in [2.45, 2.75) is 18.1 Å². The molecule has 1 amide bonds. The van der Waals surface area contributed by atoms with E-state index in [9.17, 15) is 9.59 Å². The van der Waals surface area contributed by atoms with Gasteiger partial charge in [0.2, 0.25) is 5.91 Å². The molecule has 1 aromatic heterocycles. The maximum absolute atomic E-state index is 12.9. The molecule has 3 rings (SSSR count). The lowest BCUT2D eigenvalue weighted by atomic mass is 10.2. The number of ether oxygens (including phenoxy) is 1. The number of aromatic nitrogens is 2. The summed E-state index contributed by atoms with van der Waals surface area (Å²) in [5.41, 5.74) is 1.28. The zero-order valence-electron chi connectivity index (χ0n) is 16.4. The highest BCUT2D eigenvalue weighted by molar-refractivity contribution is 7.99. The summed E-state index contributed by atoms with van der Waals surface area (Å²) < 4.78 is 6.80. The summed E-state index contributed by atoms with van der Waals surface area (Å²) in [6, 6.07) is 14.5. The van der Waals surface area contributed by atoms with Crippen molar-refractivity contribution in [3.05, 3.63) is 58.9 Å². The second kappa shape index (κ2) is 10.4. The van der Waals surface area contributed by atoms with Gasteiger partial charge in [-0.05, 0) is 54.8 Å². The molecule has 1 N–H and O–H groups in total. The number of carbonyl (C=O) groups excluding carboxylic acids is 1. The van der Waals surface area contributed by atoms with E-state index in [1.165, 1.54) is 11.8 Å². The predicted octanol–water partition coefficient (Wildman–Crippen LogP) is 3.89. The highest BCUT2D eigenvalue weighted by atomic mass is 32.2. The highest BCUT2D eigenvalue weighted by Gasteiger charge is 2.13. The SMILES string of the molecule is COc1ccc(NC(=O)CSc2nc3ccccc3c(=O)n2CCCSC)cc1. The topological polar surface area (TPSA) is 73.2 Å². The number of benzene rings is 2. The molecule has 0 bridgehead atoms. The van der Waals surface area contributed by atoms with Crippen LogP contribution in [-0.2, 0) is 11.3 Å². The van der Waals surface area contributed by atoms with Crippen molar-refractivity contribution in [3.63, 3.8) is 0 Å². The monoisotopic (exact) mass is 429 g/mol. The first-order valence-electron chi connectivity index (χ1n) is 9.17. The summed E-state index contributed by atoms with van der Waals surface area (Å²) in [6.45, 7) is 0.583. The Bertz CT molecular complexity index is 1040. The Morgan fingerprint density at radius 1 is 1.17 bits per heavy atom. The van der Waals surface area contributed by atoms with Gasteiger partial charge >= 0.3 is 0 Å². The van der Waals surface area contributed by atoms with Gasteiger partial charge in [0.25, 0.3) is 5.56 Å². The van der Waals surface area contributed by atoms with E-state index < -0.39 is 0 Å². The summed E-state index contributed by atoms with van der Waals surface area (Å²) in [6.07, 6.45) is 2.91. The van der Waals surface area contributed by atoms with Crippen LogP contribution < -0.4 is 15.6 Å². The Morgan fingerprint density at radius 2 is 1.93 bits per heavy atom. The van der Waals surface area contributed by atoms with E-state index in [0.29, 0.717) is 28.3 Å². The molecule has 0 atom stereocenters. The summed E-state index contributed by atoms with van der Waals surface area (Å²) >= 11 is 3.02. The van der Waals surface area contributed by atoms with Crippen LogP contribution in [-0.4, -0.2) is 40.3 Å². The molecule has 2 aromatic carbocycles. The van der Waals surface area contributed by atoms with Crippen LogP contribution >= 0.6 is 23.5 Å². The lowest BCUT2D eigenvalue weighted by molar-refractivity contribution is -0.113. The maximum atomic E-state index is 12.9. The van der Waals surface area contributed by atoms with Crippen LogP contribution in [0.5, 0.6) is 5.75 Å². The summed E-state index contributed by atoms with van der Waals surface area (Å²) in [5, 5.41) is 4.02. The number of anilines is 1. The van der Waals surface area contributed by atoms with Crippen LogP contribution in [0.1, 0.15) is 6.42 Å². The molecule has 0 spiro atoms. The van der Waals surface area contributed by atoms with Gasteiger partial charge in [0.1, 0.15) is 5.75 Å². The minimum atomic E-state index is -0.154. The third-order valence-corrected chi connectivity index (χ3v) is 5.94. The van der Waals surface area contributed by atoms with E-state index in [0.717, 1.165) is 17.9 Å². The molecule has 1 heterocycles. The van der Waals surface area contributed by atoms with Gasteiger partial charge in [-0.1, -0.05) is 23.9 Å². The molecule has 0 saturated heterocycles. The Hall–Kier alpha value is -2.45. The second-order valence-electron chi connectivity index (χ2n) is 6.28. The normalized spacial score (nSPS) is 10.8. The number of nitrogens with zero attached hydrogens (tertiary/aromatic N) is 2. The fourth-order valence-electron chi connectivity index (χ4n) is 2.82. The minimum Gasteiger partial charge on any atom is -0.497 e. The summed E-state index contributed by atoms with van der Waals surface area (Å²) in [5.74, 6) is 1.70. The molecular formula is C21H23N3O3S2. The molecule has 3 aromatic rings. The Balaban J connectivity index is 1.75. The third kappa shape index (κ3) is 5.55. The van der Waals surface area contributed by atoms with Gasteiger partial charge in [-0.25, -0.2) is 4.98 Å². The number of thioether (sulfide) groups is 2. The molecule has 0 unspecified atom stereocenters. The third-order valence-electron chi connectivity index (χ3n) is 4.26. The lowest BCUT2D eigenvalue weighted by Gasteiger charge is -2.13. The molecule has 0 aliphatic carbocycles. The first-order chi connectivity index (χ1) is 14.1. The average Bonchev–Trinajstić information content (AvgIpc) is 2.74. The van der Waals surface area contributed by atoms with Crippen molar-refractivity contribution in [1.82, 2.24) is 9.55 Å². The molecule has 0 saturated carbocycles. The molecule has 8 heteroatoms. The number of para-hydroxylation sites is 1. The number of carbonyl (C=O) groups is 1. The largest absolute Gasteiger partial charge is 0.497 e. The minimum absolute atomic E-state index is 0.0604. The van der Waals surface area contributed by atoms with E-state index in [1.807, 2.05) is 24.5 Å². The van der Waals surface area contributed by atoms with Crippen LogP contribution in [0, 0.1) is 0 Å². The molecule has 152 valence electrons. The molecule has 0 fully saturated rings. The predicted molar refractivity (Wildman–Crippen MR) is 121 cm³/mol. The summed E-state index contributed by atoms with van der Waals surface area (Å²) in [7, 11) is 1.60. The number of rotatable bonds is 9. The van der Waals surface area contributed by atoms with Crippen LogP contribution in [0.25, 0.3) is 10.9 Å². The van der Waals surface area contributed by atoms with E-state index in [4.69, 9.17) is 4.74 Å². The van der Waals surface area contributed by atoms with Crippen LogP contribution in [0.15, 0.2) is 58.5 Å². The maximum Gasteiger partial charge on any atom is 0.262 e. The van der Waals surface area contributed by atoms with Crippen molar-refractivity contribution in [3.8, 4) is 5.75 Å². The van der Waals surface area contributed by atoms with Gasteiger partial charge in [-0.15, -0.1) is 0 Å². The molecule has 0 aliphatic heterocycles. The Labute approximate surface area is 178 Å². The number of amides is 1. The Kier molecular flexibility index (Phi) is 7.60. The van der Waals surface area contributed by atoms with Crippen molar-refractivity contribution in [1.29, 1.82) is 0 Å². The zero-order chi connectivity index (χ0) is 20.6. The molecule has 0 radical (unpaired) electrons. The van der Waals surface area contributed by atoms with Crippen LogP contribution in [0.2, 0.25) is 0 Å². The van der Waals surface area contributed by atoms with Crippen LogP contribution in [0.4, 0.5) is 5.69 Å². The highest BCUT2D eigenvalue weighted by Crippen LogP contribution is 2.20. The molecule has 6 nitrogen and oxygen atoms in total. The first kappa shape index (κ1) is 21.3. The quantitative estimate of drug-likeness (QED) is 0.316. The van der Waals surface area contributed by atoms with E-state index in [-0.39, 0.29) is 17.2 Å². The van der Waals surface area contributed by atoms with Crippen molar-refractivity contribution >= 4 is 46.0 Å². The van der Waals surface area contributed by atoms with Gasteiger partial charge < -0.3 is 10.1 Å². The molecule has 0 aliphatic rings. The fourth-order valence-corrected chi connectivity index (χ4v) is 4.07. The Morgan fingerprint density at radius 3 is 2.66 bits per heavy atom. The standard InChI is InChI=1S/C21H23N3O3S2/c1-27-16-10-8-15(9-11-16)22-19(25)14-29-21-23-18-7-4-3-6-17(18)20(26)24(21)12-5-13-28-2/h3-4,6-11H,5,12-14H2,1-2H3,(H,22,25). The molecular weight excluding hydrogens is 406 g/mol. The molecule has 29 heavy (non-hydrogen) atoms. The van der Waals surface area contributed by atoms with Gasteiger partial charge in [-0.2, -0.15) is 11.8 Å². The van der Waals surface area contributed by atoms with Gasteiger partial charge in [0.05, 0.1) is 23.8 Å². The van der Waals surface area contributed by atoms with Crippen LogP contribution in [0.3, 0.4) is 0 Å². The lowest BCUT2D eigenvalue weighted by Crippen LogP contribution is -2.24. The zero-order valence-corrected chi connectivity index (χ0v) is 18.0. The van der Waals surface area contributed by atoms with Crippen molar-refractivity contribution in [2.75, 3.05) is 30.2 Å².